The van der Waals surface area contributed by atoms with Crippen LogP contribution in [-0.2, 0) is 16.8 Å². The molecule has 2 aromatic rings. The van der Waals surface area contributed by atoms with Crippen LogP contribution in [0.5, 0.6) is 0 Å². The molecule has 1 aromatic heterocycles. The summed E-state index contributed by atoms with van der Waals surface area (Å²) in [4.78, 5) is 16.9. The van der Waals surface area contributed by atoms with Crippen LogP contribution in [0, 0.1) is 12.8 Å². The van der Waals surface area contributed by atoms with Crippen LogP contribution in [0.15, 0.2) is 48.8 Å². The van der Waals surface area contributed by atoms with Crippen LogP contribution in [0.25, 0.3) is 0 Å². The molecule has 1 aromatic carbocycles. The molecule has 1 saturated heterocycles. The van der Waals surface area contributed by atoms with Crippen molar-refractivity contribution >= 4 is 5.91 Å². The third kappa shape index (κ3) is 4.97. The van der Waals surface area contributed by atoms with Crippen molar-refractivity contribution in [1.29, 1.82) is 0 Å². The van der Waals surface area contributed by atoms with Gasteiger partial charge >= 0.3 is 0 Å². The van der Waals surface area contributed by atoms with Gasteiger partial charge in [0.25, 0.3) is 0 Å². The number of carbonyl (C=O) groups is 1. The van der Waals surface area contributed by atoms with Gasteiger partial charge in [-0.05, 0) is 93.4 Å². The number of carbonyl (C=O) groups excluding carboxylic acids is 1. The van der Waals surface area contributed by atoms with E-state index in [2.05, 4.69) is 15.6 Å². The van der Waals surface area contributed by atoms with Gasteiger partial charge in [0.05, 0.1) is 0 Å². The SMILES string of the molecule is Cc1ccccc1C(CCc1ccncc1)(NCCC1CCNCC1)C(N)=O. The van der Waals surface area contributed by atoms with Gasteiger partial charge < -0.3 is 11.1 Å². The van der Waals surface area contributed by atoms with Gasteiger partial charge in [-0.2, -0.15) is 0 Å². The molecule has 5 heteroatoms. The summed E-state index contributed by atoms with van der Waals surface area (Å²) in [5.41, 5.74) is 8.41. The monoisotopic (exact) mass is 380 g/mol. The zero-order valence-electron chi connectivity index (χ0n) is 16.8. The Balaban J connectivity index is 1.80. The number of amides is 1. The number of hydrogen-bond acceptors (Lipinski definition) is 4. The molecular weight excluding hydrogens is 348 g/mol. The fraction of sp³-hybridized carbons (Fsp3) is 0.478. The average Bonchev–Trinajstić information content (AvgIpc) is 2.72. The van der Waals surface area contributed by atoms with Crippen molar-refractivity contribution in [2.24, 2.45) is 11.7 Å². The standard InChI is InChI=1S/C23H32N4O/c1-18-4-2-3-5-21(18)23(22(24)28,12-6-19-7-13-25-14-8-19)27-17-11-20-9-15-26-16-10-20/h2-5,7-8,13-14,20,26-27H,6,9-12,15-17H2,1H3,(H2,24,28). The maximum absolute atomic E-state index is 12.8. The largest absolute Gasteiger partial charge is 0.368 e. The third-order valence-electron chi connectivity index (χ3n) is 6.00. The van der Waals surface area contributed by atoms with Gasteiger partial charge in [-0.25, -0.2) is 0 Å². The zero-order valence-corrected chi connectivity index (χ0v) is 16.8. The number of benzene rings is 1. The van der Waals surface area contributed by atoms with Gasteiger partial charge in [-0.15, -0.1) is 0 Å². The van der Waals surface area contributed by atoms with Gasteiger partial charge in [-0.1, -0.05) is 24.3 Å². The quantitative estimate of drug-likeness (QED) is 0.625. The number of primary amides is 1. The molecule has 1 amide bonds. The second kappa shape index (κ2) is 9.80. The lowest BCUT2D eigenvalue weighted by molar-refractivity contribution is -0.125. The number of aryl methyl sites for hydroxylation is 2. The van der Waals surface area contributed by atoms with E-state index in [1.165, 1.54) is 12.8 Å². The second-order valence-electron chi connectivity index (χ2n) is 7.85. The Bertz CT molecular complexity index is 758. The first kappa shape index (κ1) is 20.5. The highest BCUT2D eigenvalue weighted by atomic mass is 16.1. The number of nitrogens with zero attached hydrogens (tertiary/aromatic N) is 1. The van der Waals surface area contributed by atoms with Crippen LogP contribution in [0.2, 0.25) is 0 Å². The van der Waals surface area contributed by atoms with Gasteiger partial charge in [0.15, 0.2) is 0 Å². The average molecular weight is 381 g/mol. The van der Waals surface area contributed by atoms with Crippen molar-refractivity contribution < 1.29 is 4.79 Å². The first-order chi connectivity index (χ1) is 13.6. The predicted molar refractivity (Wildman–Crippen MR) is 113 cm³/mol. The second-order valence-corrected chi connectivity index (χ2v) is 7.85. The molecule has 4 N–H and O–H groups in total. The molecule has 1 atom stereocenters. The van der Waals surface area contributed by atoms with Crippen molar-refractivity contribution in [3.8, 4) is 0 Å². The number of hydrogen-bond donors (Lipinski definition) is 3. The van der Waals surface area contributed by atoms with E-state index in [0.717, 1.165) is 49.2 Å². The van der Waals surface area contributed by atoms with Crippen LogP contribution in [0.1, 0.15) is 42.4 Å². The van der Waals surface area contributed by atoms with E-state index in [1.54, 1.807) is 12.4 Å². The molecule has 1 aliphatic rings. The van der Waals surface area contributed by atoms with E-state index in [9.17, 15) is 4.79 Å². The summed E-state index contributed by atoms with van der Waals surface area (Å²) in [6.45, 7) is 5.02. The van der Waals surface area contributed by atoms with Gasteiger partial charge in [-0.3, -0.25) is 15.1 Å². The van der Waals surface area contributed by atoms with Crippen LogP contribution in [-0.4, -0.2) is 30.5 Å². The van der Waals surface area contributed by atoms with E-state index in [1.807, 2.05) is 43.3 Å². The Labute approximate surface area is 168 Å². The van der Waals surface area contributed by atoms with Gasteiger partial charge in [0.1, 0.15) is 5.54 Å². The van der Waals surface area contributed by atoms with E-state index < -0.39 is 5.54 Å². The highest BCUT2D eigenvalue weighted by Crippen LogP contribution is 2.30. The number of aromatic nitrogens is 1. The Morgan fingerprint density at radius 2 is 1.93 bits per heavy atom. The molecule has 150 valence electrons. The summed E-state index contributed by atoms with van der Waals surface area (Å²) in [5, 5.41) is 7.01. The molecule has 0 saturated carbocycles. The Morgan fingerprint density at radius 1 is 1.21 bits per heavy atom. The van der Waals surface area contributed by atoms with E-state index in [0.29, 0.717) is 12.3 Å². The van der Waals surface area contributed by atoms with Crippen molar-refractivity contribution in [2.45, 2.75) is 44.6 Å². The zero-order chi connectivity index (χ0) is 19.8. The Morgan fingerprint density at radius 3 is 2.61 bits per heavy atom. The van der Waals surface area contributed by atoms with Gasteiger partial charge in [0, 0.05) is 12.4 Å². The van der Waals surface area contributed by atoms with Crippen molar-refractivity contribution in [1.82, 2.24) is 15.6 Å². The molecule has 28 heavy (non-hydrogen) atoms. The number of rotatable bonds is 9. The maximum Gasteiger partial charge on any atom is 0.242 e. The lowest BCUT2D eigenvalue weighted by Gasteiger charge is -2.35. The first-order valence-electron chi connectivity index (χ1n) is 10.3. The summed E-state index contributed by atoms with van der Waals surface area (Å²) in [5.74, 6) is 0.401. The van der Waals surface area contributed by atoms with E-state index in [4.69, 9.17) is 5.73 Å². The minimum absolute atomic E-state index is 0.304. The molecule has 1 fully saturated rings. The maximum atomic E-state index is 12.8. The lowest BCUT2D eigenvalue weighted by atomic mass is 9.81. The van der Waals surface area contributed by atoms with Crippen molar-refractivity contribution in [3.05, 3.63) is 65.5 Å². The van der Waals surface area contributed by atoms with Crippen LogP contribution < -0.4 is 16.4 Å². The van der Waals surface area contributed by atoms with Crippen LogP contribution in [0.3, 0.4) is 0 Å². The summed E-state index contributed by atoms with van der Waals surface area (Å²) in [6, 6.07) is 12.1. The van der Waals surface area contributed by atoms with Crippen molar-refractivity contribution in [3.63, 3.8) is 0 Å². The molecule has 1 aliphatic heterocycles. The fourth-order valence-electron chi connectivity index (χ4n) is 4.25. The summed E-state index contributed by atoms with van der Waals surface area (Å²) < 4.78 is 0. The van der Waals surface area contributed by atoms with Gasteiger partial charge in [0.2, 0.25) is 5.91 Å². The molecule has 3 rings (SSSR count). The molecule has 5 nitrogen and oxygen atoms in total. The minimum Gasteiger partial charge on any atom is -0.368 e. The summed E-state index contributed by atoms with van der Waals surface area (Å²) in [6.07, 6.45) is 8.44. The number of pyridine rings is 1. The smallest absolute Gasteiger partial charge is 0.242 e. The highest BCUT2D eigenvalue weighted by Gasteiger charge is 2.38. The molecule has 2 heterocycles. The highest BCUT2D eigenvalue weighted by molar-refractivity contribution is 5.86. The summed E-state index contributed by atoms with van der Waals surface area (Å²) in [7, 11) is 0. The molecule has 0 radical (unpaired) electrons. The van der Waals surface area contributed by atoms with E-state index >= 15 is 0 Å². The number of piperidine rings is 1. The molecular formula is C23H32N4O. The molecule has 0 bridgehead atoms. The van der Waals surface area contributed by atoms with Crippen molar-refractivity contribution in [2.75, 3.05) is 19.6 Å². The normalized spacial score (nSPS) is 17.2. The Kier molecular flexibility index (Phi) is 7.18. The number of nitrogens with two attached hydrogens (primary N) is 1. The van der Waals surface area contributed by atoms with E-state index in [-0.39, 0.29) is 5.91 Å². The third-order valence-corrected chi connectivity index (χ3v) is 6.00. The lowest BCUT2D eigenvalue weighted by Crippen LogP contribution is -2.54. The Hall–Kier alpha value is -2.24. The number of nitrogens with one attached hydrogen (secondary N) is 2. The topological polar surface area (TPSA) is 80.0 Å². The molecule has 1 unspecified atom stereocenters. The van der Waals surface area contributed by atoms with Crippen LogP contribution >= 0.6 is 0 Å². The minimum atomic E-state index is -0.860. The molecule has 0 aliphatic carbocycles. The first-order valence-corrected chi connectivity index (χ1v) is 10.3. The predicted octanol–water partition coefficient (Wildman–Crippen LogP) is 2.68. The summed E-state index contributed by atoms with van der Waals surface area (Å²) >= 11 is 0. The molecule has 0 spiro atoms. The fourth-order valence-corrected chi connectivity index (χ4v) is 4.25. The van der Waals surface area contributed by atoms with Crippen LogP contribution in [0.4, 0.5) is 0 Å².